The molecule has 14 heavy (non-hydrogen) atoms. The summed E-state index contributed by atoms with van der Waals surface area (Å²) < 4.78 is 11.8. The van der Waals surface area contributed by atoms with Crippen molar-refractivity contribution in [3.63, 3.8) is 0 Å². The van der Waals surface area contributed by atoms with Gasteiger partial charge in [-0.3, -0.25) is 0 Å². The Morgan fingerprint density at radius 2 is 1.86 bits per heavy atom. The van der Waals surface area contributed by atoms with Gasteiger partial charge < -0.3 is 9.47 Å². The van der Waals surface area contributed by atoms with E-state index in [-0.39, 0.29) is 11.4 Å². The minimum absolute atomic E-state index is 0.304. The highest BCUT2D eigenvalue weighted by atomic mass is 16.7. The van der Waals surface area contributed by atoms with E-state index in [9.17, 15) is 0 Å². The van der Waals surface area contributed by atoms with Gasteiger partial charge in [0, 0.05) is 6.42 Å². The molecule has 2 aliphatic heterocycles. The van der Waals surface area contributed by atoms with Gasteiger partial charge in [-0.1, -0.05) is 19.1 Å². The molecule has 2 aliphatic rings. The second kappa shape index (κ2) is 2.23. The summed E-state index contributed by atoms with van der Waals surface area (Å²) >= 11 is 0. The average Bonchev–Trinajstić information content (AvgIpc) is 2.79. The van der Waals surface area contributed by atoms with E-state index in [0.717, 1.165) is 17.9 Å². The van der Waals surface area contributed by atoms with Crippen LogP contribution in [-0.2, 0) is 0 Å². The van der Waals surface area contributed by atoms with Gasteiger partial charge in [-0.2, -0.15) is 0 Å². The lowest BCUT2D eigenvalue weighted by Crippen LogP contribution is -2.36. The van der Waals surface area contributed by atoms with E-state index in [2.05, 4.69) is 12.2 Å². The second-order valence-corrected chi connectivity index (χ2v) is 3.99. The van der Waals surface area contributed by atoms with Crippen LogP contribution < -0.4 is 14.8 Å². The zero-order valence-electron chi connectivity index (χ0n) is 8.33. The first-order valence-electron chi connectivity index (χ1n) is 4.95. The molecule has 0 saturated carbocycles. The van der Waals surface area contributed by atoms with Gasteiger partial charge >= 0.3 is 0 Å². The van der Waals surface area contributed by atoms with Gasteiger partial charge in [0.25, 0.3) is 0 Å². The fraction of sp³-hybridized carbons (Fsp3) is 0.455. The van der Waals surface area contributed by atoms with Crippen molar-refractivity contribution >= 4 is 0 Å². The molecular weight excluding hydrogens is 178 g/mol. The Morgan fingerprint density at radius 1 is 1.21 bits per heavy atom. The Hall–Kier alpha value is -1.22. The average molecular weight is 191 g/mol. The predicted molar refractivity (Wildman–Crippen MR) is 52.3 cm³/mol. The fourth-order valence-electron chi connectivity index (χ4n) is 2.11. The van der Waals surface area contributed by atoms with Crippen LogP contribution in [0.4, 0.5) is 0 Å². The summed E-state index contributed by atoms with van der Waals surface area (Å²) in [6.07, 6.45) is 0.901. The summed E-state index contributed by atoms with van der Waals surface area (Å²) in [6.45, 7) is 4.11. The molecule has 3 heteroatoms. The molecule has 2 atom stereocenters. The second-order valence-electron chi connectivity index (χ2n) is 3.99. The monoisotopic (exact) mass is 191 g/mol. The number of fused-ring (bicyclic) bond motifs is 2. The van der Waals surface area contributed by atoms with Crippen molar-refractivity contribution in [1.29, 1.82) is 0 Å². The number of para-hydroxylation sites is 2. The molecule has 0 aromatic heterocycles. The number of benzene rings is 1. The number of hydrogen-bond acceptors (Lipinski definition) is 3. The molecule has 2 heterocycles. The largest absolute Gasteiger partial charge is 0.463 e. The Morgan fingerprint density at radius 3 is 2.50 bits per heavy atom. The Labute approximate surface area is 83.0 Å². The maximum absolute atomic E-state index is 5.91. The van der Waals surface area contributed by atoms with E-state index in [1.54, 1.807) is 0 Å². The molecule has 2 unspecified atom stereocenters. The van der Waals surface area contributed by atoms with Gasteiger partial charge in [-0.15, -0.1) is 0 Å². The first-order valence-corrected chi connectivity index (χ1v) is 4.95. The number of ether oxygens (including phenoxy) is 2. The summed E-state index contributed by atoms with van der Waals surface area (Å²) in [5.74, 6) is 1.65. The summed E-state index contributed by atoms with van der Waals surface area (Å²) in [5.41, 5.74) is -0.641. The normalized spacial score (nSPS) is 37.6. The third-order valence-corrected chi connectivity index (χ3v) is 3.09. The molecule has 0 aliphatic carbocycles. The van der Waals surface area contributed by atoms with Crippen LogP contribution >= 0.6 is 0 Å². The van der Waals surface area contributed by atoms with Gasteiger partial charge in [0.1, 0.15) is 0 Å². The number of nitrogens with one attached hydrogen (secondary N) is 1. The van der Waals surface area contributed by atoms with E-state index >= 15 is 0 Å². The van der Waals surface area contributed by atoms with Crippen molar-refractivity contribution in [2.24, 2.45) is 0 Å². The van der Waals surface area contributed by atoms with Crippen molar-refractivity contribution in [3.05, 3.63) is 24.3 Å². The quantitative estimate of drug-likeness (QED) is 0.689. The molecule has 0 amide bonds. The molecule has 0 bridgehead atoms. The van der Waals surface area contributed by atoms with Crippen LogP contribution in [0.1, 0.15) is 20.3 Å². The van der Waals surface area contributed by atoms with Crippen molar-refractivity contribution in [1.82, 2.24) is 5.32 Å². The molecule has 1 aromatic carbocycles. The zero-order chi connectivity index (χ0) is 9.81. The van der Waals surface area contributed by atoms with Crippen LogP contribution in [0.3, 0.4) is 0 Å². The molecule has 74 valence electrons. The summed E-state index contributed by atoms with van der Waals surface area (Å²) in [4.78, 5) is 0. The smallest absolute Gasteiger partial charge is 0.217 e. The summed E-state index contributed by atoms with van der Waals surface area (Å²) in [7, 11) is 0. The van der Waals surface area contributed by atoms with Crippen molar-refractivity contribution in [2.45, 2.75) is 31.7 Å². The van der Waals surface area contributed by atoms with Crippen molar-refractivity contribution in [2.75, 3.05) is 0 Å². The summed E-state index contributed by atoms with van der Waals surface area (Å²) in [6, 6.07) is 7.77. The molecule has 3 rings (SSSR count). The topological polar surface area (TPSA) is 40.4 Å². The standard InChI is InChI=1S/C11H13NO2/c1-3-11-10(2,12-11)13-8-6-4-5-7-9(8)14-11/h4-7,12H,3H2,1-2H3. The lowest BCUT2D eigenvalue weighted by molar-refractivity contribution is 0.0294. The van der Waals surface area contributed by atoms with Gasteiger partial charge in [0.2, 0.25) is 11.4 Å². The van der Waals surface area contributed by atoms with Gasteiger partial charge in [0.05, 0.1) is 0 Å². The first kappa shape index (κ1) is 8.12. The predicted octanol–water partition coefficient (Wildman–Crippen LogP) is 1.88. The van der Waals surface area contributed by atoms with Crippen LogP contribution in [0.15, 0.2) is 24.3 Å². The Bertz CT molecular complexity index is 393. The molecule has 1 saturated heterocycles. The Kier molecular flexibility index (Phi) is 1.29. The molecule has 0 spiro atoms. The van der Waals surface area contributed by atoms with Crippen LogP contribution in [-0.4, -0.2) is 11.4 Å². The molecule has 1 N–H and O–H groups in total. The van der Waals surface area contributed by atoms with E-state index in [0.29, 0.717) is 0 Å². The van der Waals surface area contributed by atoms with Crippen molar-refractivity contribution in [3.8, 4) is 11.5 Å². The third kappa shape index (κ3) is 0.805. The van der Waals surface area contributed by atoms with Gasteiger partial charge in [0.15, 0.2) is 11.5 Å². The highest BCUT2D eigenvalue weighted by Crippen LogP contribution is 2.51. The molecular formula is C11H13NO2. The highest BCUT2D eigenvalue weighted by molar-refractivity contribution is 5.45. The molecule has 1 aromatic rings. The van der Waals surface area contributed by atoms with Crippen LogP contribution in [0.25, 0.3) is 0 Å². The fourth-order valence-corrected chi connectivity index (χ4v) is 2.11. The number of rotatable bonds is 1. The van der Waals surface area contributed by atoms with Gasteiger partial charge in [-0.05, 0) is 19.1 Å². The summed E-state index contributed by atoms with van der Waals surface area (Å²) in [5, 5.41) is 3.27. The third-order valence-electron chi connectivity index (χ3n) is 3.09. The number of hydrogen-bond donors (Lipinski definition) is 1. The lowest BCUT2D eigenvalue weighted by atomic mass is 10.1. The first-order chi connectivity index (χ1) is 6.69. The maximum atomic E-state index is 5.91. The van der Waals surface area contributed by atoms with E-state index < -0.39 is 0 Å². The van der Waals surface area contributed by atoms with E-state index in [1.807, 2.05) is 31.2 Å². The van der Waals surface area contributed by atoms with E-state index in [1.165, 1.54) is 0 Å². The minimum Gasteiger partial charge on any atom is -0.463 e. The van der Waals surface area contributed by atoms with Crippen LogP contribution in [0, 0.1) is 0 Å². The van der Waals surface area contributed by atoms with E-state index in [4.69, 9.17) is 9.47 Å². The van der Waals surface area contributed by atoms with Crippen LogP contribution in [0.5, 0.6) is 11.5 Å². The zero-order valence-corrected chi connectivity index (χ0v) is 8.33. The SMILES string of the molecule is CCC12NC1(C)Oc1ccccc1O2. The molecule has 1 fully saturated rings. The maximum Gasteiger partial charge on any atom is 0.217 e. The minimum atomic E-state index is -0.337. The lowest BCUT2D eigenvalue weighted by Gasteiger charge is -2.27. The Balaban J connectivity index is 2.04. The molecule has 0 radical (unpaired) electrons. The van der Waals surface area contributed by atoms with Crippen LogP contribution in [0.2, 0.25) is 0 Å². The van der Waals surface area contributed by atoms with Crippen molar-refractivity contribution < 1.29 is 9.47 Å². The molecule has 3 nitrogen and oxygen atoms in total. The highest BCUT2D eigenvalue weighted by Gasteiger charge is 2.71. The van der Waals surface area contributed by atoms with Gasteiger partial charge in [-0.25, -0.2) is 5.32 Å².